The minimum absolute atomic E-state index is 0.359. The number of nitrogens with zero attached hydrogens (tertiary/aromatic N) is 2. The van der Waals surface area contributed by atoms with Gasteiger partial charge >= 0.3 is 0 Å². The molecule has 2 heterocycles. The molecule has 0 radical (unpaired) electrons. The number of carbonyl (C=O) groups excluding carboxylic acids is 1. The summed E-state index contributed by atoms with van der Waals surface area (Å²) in [5, 5.41) is 8.28. The van der Waals surface area contributed by atoms with E-state index in [2.05, 4.69) is 15.1 Å². The summed E-state index contributed by atoms with van der Waals surface area (Å²) < 4.78 is 0. The van der Waals surface area contributed by atoms with Crippen LogP contribution in [0.15, 0.2) is 36.5 Å². The third-order valence-corrected chi connectivity index (χ3v) is 5.60. The molecule has 2 aromatic heterocycles. The van der Waals surface area contributed by atoms with Crippen molar-refractivity contribution in [3.05, 3.63) is 52.5 Å². The Balaban J connectivity index is 1.93. The molecule has 0 spiro atoms. The molecule has 6 heteroatoms. The second-order valence-corrected chi connectivity index (χ2v) is 6.62. The number of hydrogen-bond acceptors (Lipinski definition) is 4. The Morgan fingerprint density at radius 1 is 1.30 bits per heavy atom. The van der Waals surface area contributed by atoms with Crippen molar-refractivity contribution in [3.8, 4) is 11.3 Å². The molecule has 0 saturated carbocycles. The average Bonchev–Trinajstić information content (AvgIpc) is 3.18. The number of anilines is 2. The van der Waals surface area contributed by atoms with Gasteiger partial charge in [0.1, 0.15) is 5.00 Å². The molecule has 4 rings (SSSR count). The fraction of sp³-hybridized carbons (Fsp3) is 0.176. The number of para-hydroxylation sites is 1. The number of carbonyl (C=O) groups is 1. The maximum atomic E-state index is 11.9. The van der Waals surface area contributed by atoms with E-state index in [1.807, 2.05) is 43.6 Å². The van der Waals surface area contributed by atoms with Crippen molar-refractivity contribution in [2.75, 3.05) is 11.9 Å². The monoisotopic (exact) mass is 324 g/mol. The highest BCUT2D eigenvalue weighted by Crippen LogP contribution is 2.47. The van der Waals surface area contributed by atoms with Crippen LogP contribution in [0.25, 0.3) is 11.3 Å². The molecule has 1 aliphatic carbocycles. The highest BCUT2D eigenvalue weighted by atomic mass is 32.1. The van der Waals surface area contributed by atoms with Gasteiger partial charge in [-0.3, -0.25) is 9.89 Å². The van der Waals surface area contributed by atoms with Crippen LogP contribution in [0.2, 0.25) is 0 Å². The van der Waals surface area contributed by atoms with E-state index in [0.29, 0.717) is 4.88 Å². The van der Waals surface area contributed by atoms with Gasteiger partial charge < -0.3 is 10.6 Å². The van der Waals surface area contributed by atoms with E-state index in [4.69, 9.17) is 5.73 Å². The molecule has 0 fully saturated rings. The predicted molar refractivity (Wildman–Crippen MR) is 92.3 cm³/mol. The van der Waals surface area contributed by atoms with Gasteiger partial charge in [-0.05, 0) is 36.1 Å². The van der Waals surface area contributed by atoms with Gasteiger partial charge in [0.05, 0.1) is 16.8 Å². The molecule has 3 N–H and O–H groups in total. The molecule has 0 atom stereocenters. The van der Waals surface area contributed by atoms with Crippen molar-refractivity contribution in [2.45, 2.75) is 12.8 Å². The fourth-order valence-electron chi connectivity index (χ4n) is 3.13. The van der Waals surface area contributed by atoms with Crippen molar-refractivity contribution >= 4 is 27.9 Å². The number of aryl methyl sites for hydroxylation is 1. The molecule has 0 saturated heterocycles. The first-order valence-corrected chi connectivity index (χ1v) is 8.25. The summed E-state index contributed by atoms with van der Waals surface area (Å²) in [7, 11) is 2.01. The number of benzene rings is 1. The van der Waals surface area contributed by atoms with E-state index in [1.165, 1.54) is 16.9 Å². The maximum absolute atomic E-state index is 11.9. The molecular formula is C17H16N4OS. The first-order chi connectivity index (χ1) is 11.2. The summed E-state index contributed by atoms with van der Waals surface area (Å²) in [4.78, 5) is 14.6. The summed E-state index contributed by atoms with van der Waals surface area (Å²) in [5.74, 6) is -0.359. The minimum atomic E-state index is -0.359. The molecular weight excluding hydrogens is 308 g/mol. The molecule has 3 aromatic rings. The number of thiophene rings is 1. The lowest BCUT2D eigenvalue weighted by atomic mass is 9.91. The third kappa shape index (κ3) is 2.14. The van der Waals surface area contributed by atoms with Crippen LogP contribution in [-0.4, -0.2) is 23.2 Å². The minimum Gasteiger partial charge on any atom is -0.365 e. The van der Waals surface area contributed by atoms with Crippen LogP contribution in [0.3, 0.4) is 0 Å². The molecule has 1 amide bonds. The summed E-state index contributed by atoms with van der Waals surface area (Å²) in [6.07, 6.45) is 3.57. The van der Waals surface area contributed by atoms with Crippen molar-refractivity contribution in [3.63, 3.8) is 0 Å². The second-order valence-electron chi connectivity index (χ2n) is 5.62. The van der Waals surface area contributed by atoms with Crippen LogP contribution in [0.1, 0.15) is 20.8 Å². The lowest BCUT2D eigenvalue weighted by molar-refractivity contribution is 0.100. The highest BCUT2D eigenvalue weighted by Gasteiger charge is 2.30. The van der Waals surface area contributed by atoms with Crippen LogP contribution < -0.4 is 10.6 Å². The topological polar surface area (TPSA) is 75.0 Å². The van der Waals surface area contributed by atoms with Gasteiger partial charge in [-0.1, -0.05) is 18.2 Å². The Bertz CT molecular complexity index is 881. The molecule has 1 aliphatic rings. The molecule has 23 heavy (non-hydrogen) atoms. The van der Waals surface area contributed by atoms with E-state index < -0.39 is 0 Å². The molecule has 5 nitrogen and oxygen atoms in total. The molecule has 116 valence electrons. The molecule has 0 aliphatic heterocycles. The number of hydrogen-bond donors (Lipinski definition) is 2. The third-order valence-electron chi connectivity index (χ3n) is 4.27. The number of primary amides is 1. The van der Waals surface area contributed by atoms with Gasteiger partial charge in [-0.2, -0.15) is 5.10 Å². The van der Waals surface area contributed by atoms with Gasteiger partial charge in [0.2, 0.25) is 0 Å². The molecule has 1 aromatic carbocycles. The number of aromatic amines is 1. The number of H-pyrrole nitrogens is 1. The Kier molecular flexibility index (Phi) is 3.20. The number of aromatic nitrogens is 2. The van der Waals surface area contributed by atoms with E-state index in [1.54, 1.807) is 0 Å². The van der Waals surface area contributed by atoms with Crippen LogP contribution in [0.5, 0.6) is 0 Å². The molecule has 0 bridgehead atoms. The first-order valence-electron chi connectivity index (χ1n) is 7.43. The average molecular weight is 324 g/mol. The fourth-order valence-corrected chi connectivity index (χ4v) is 4.32. The first kappa shape index (κ1) is 14.0. The van der Waals surface area contributed by atoms with Gasteiger partial charge in [0.25, 0.3) is 5.91 Å². The van der Waals surface area contributed by atoms with E-state index >= 15 is 0 Å². The van der Waals surface area contributed by atoms with Crippen LogP contribution in [0.4, 0.5) is 10.7 Å². The van der Waals surface area contributed by atoms with Crippen LogP contribution in [-0.2, 0) is 12.8 Å². The number of amides is 1. The Morgan fingerprint density at radius 3 is 2.83 bits per heavy atom. The zero-order valence-corrected chi connectivity index (χ0v) is 13.5. The highest BCUT2D eigenvalue weighted by molar-refractivity contribution is 7.19. The number of nitrogens with two attached hydrogens (primary N) is 1. The number of nitrogens with one attached hydrogen (secondary N) is 1. The lowest BCUT2D eigenvalue weighted by Crippen LogP contribution is -2.13. The van der Waals surface area contributed by atoms with Gasteiger partial charge in [0, 0.05) is 18.3 Å². The zero-order valence-electron chi connectivity index (χ0n) is 12.7. The van der Waals surface area contributed by atoms with E-state index in [0.717, 1.165) is 40.4 Å². The van der Waals surface area contributed by atoms with E-state index in [-0.39, 0.29) is 5.91 Å². The molecule has 0 unspecified atom stereocenters. The van der Waals surface area contributed by atoms with Crippen LogP contribution in [0, 0.1) is 0 Å². The van der Waals surface area contributed by atoms with Gasteiger partial charge in [0.15, 0.2) is 0 Å². The Hall–Kier alpha value is -2.60. The summed E-state index contributed by atoms with van der Waals surface area (Å²) >= 11 is 1.46. The smallest absolute Gasteiger partial charge is 0.259 e. The summed E-state index contributed by atoms with van der Waals surface area (Å²) in [5.41, 5.74) is 11.0. The number of rotatable bonds is 3. The van der Waals surface area contributed by atoms with Gasteiger partial charge in [-0.25, -0.2) is 0 Å². The van der Waals surface area contributed by atoms with Gasteiger partial charge in [-0.15, -0.1) is 11.3 Å². The largest absolute Gasteiger partial charge is 0.365 e. The standard InChI is InChI=1S/C17H16N4OS/c1-21(11-5-3-2-4-6-11)17-13-12(15(23-17)16(18)22)8-7-10-9-19-20-14(10)13/h2-6,9H,7-8H2,1H3,(H2,18,22)(H,19,20). The SMILES string of the molecule is CN(c1ccccc1)c1sc(C(N)=O)c2c1-c1[nH]ncc1CC2. The Labute approximate surface area is 137 Å². The van der Waals surface area contributed by atoms with Crippen LogP contribution >= 0.6 is 11.3 Å². The maximum Gasteiger partial charge on any atom is 0.259 e. The quantitative estimate of drug-likeness (QED) is 0.777. The zero-order chi connectivity index (χ0) is 16.0. The van der Waals surface area contributed by atoms with Crippen molar-refractivity contribution < 1.29 is 4.79 Å². The normalized spacial score (nSPS) is 12.6. The second kappa shape index (κ2) is 5.24. The van der Waals surface area contributed by atoms with E-state index in [9.17, 15) is 4.79 Å². The lowest BCUT2D eigenvalue weighted by Gasteiger charge is -2.21. The number of fused-ring (bicyclic) bond motifs is 3. The predicted octanol–water partition coefficient (Wildman–Crippen LogP) is 3.10. The van der Waals surface area contributed by atoms with Crippen molar-refractivity contribution in [2.24, 2.45) is 5.73 Å². The van der Waals surface area contributed by atoms with Crippen molar-refractivity contribution in [1.82, 2.24) is 10.2 Å². The van der Waals surface area contributed by atoms with Crippen molar-refractivity contribution in [1.29, 1.82) is 0 Å². The summed E-state index contributed by atoms with van der Waals surface area (Å²) in [6.45, 7) is 0. The summed E-state index contributed by atoms with van der Waals surface area (Å²) in [6, 6.07) is 10.1. The Morgan fingerprint density at radius 2 is 2.09 bits per heavy atom.